The lowest BCUT2D eigenvalue weighted by atomic mass is 9.87. The van der Waals surface area contributed by atoms with E-state index in [-0.39, 0.29) is 5.41 Å². The first kappa shape index (κ1) is 10.4. The summed E-state index contributed by atoms with van der Waals surface area (Å²) in [5.41, 5.74) is 0.191. The van der Waals surface area contributed by atoms with E-state index in [0.29, 0.717) is 6.42 Å². The predicted octanol–water partition coefficient (Wildman–Crippen LogP) is 2.96. The Balaban J connectivity index is 3.78. The maximum atomic E-state index is 10.1. The lowest BCUT2D eigenvalue weighted by Crippen LogP contribution is -2.06. The molecule has 0 atom stereocenters. The summed E-state index contributed by atoms with van der Waals surface area (Å²) < 4.78 is 0. The third-order valence-corrected chi connectivity index (χ3v) is 1.71. The highest BCUT2D eigenvalue weighted by Gasteiger charge is 2.11. The first-order valence-corrected chi connectivity index (χ1v) is 4.23. The summed E-state index contributed by atoms with van der Waals surface area (Å²) in [5.74, 6) is 0. The topological polar surface area (TPSA) is 17.1 Å². The van der Waals surface area contributed by atoms with Crippen molar-refractivity contribution < 1.29 is 4.79 Å². The van der Waals surface area contributed by atoms with Crippen LogP contribution in [0, 0.1) is 5.41 Å². The smallest absolute Gasteiger partial charge is 0.120 e. The van der Waals surface area contributed by atoms with Crippen LogP contribution in [0.25, 0.3) is 0 Å². The van der Waals surface area contributed by atoms with Gasteiger partial charge < -0.3 is 4.79 Å². The molecule has 0 fully saturated rings. The number of hydrogen-bond donors (Lipinski definition) is 0. The molecule has 0 aliphatic rings. The highest BCUT2D eigenvalue weighted by atomic mass is 16.1. The van der Waals surface area contributed by atoms with Gasteiger partial charge >= 0.3 is 0 Å². The van der Waals surface area contributed by atoms with E-state index < -0.39 is 0 Å². The summed E-state index contributed by atoms with van der Waals surface area (Å²) in [7, 11) is 0. The summed E-state index contributed by atoms with van der Waals surface area (Å²) in [6, 6.07) is 0. The molecule has 0 aliphatic carbocycles. The molecule has 0 saturated heterocycles. The Bertz CT molecular complexity index is 134. The number of hydrogen-bond acceptors (Lipinski definition) is 1. The molecule has 0 heterocycles. The summed E-state index contributed by atoms with van der Waals surface area (Å²) in [6.07, 6.45) is 8.03. The minimum atomic E-state index is 0.191. The molecule has 0 amide bonds. The summed E-state index contributed by atoms with van der Waals surface area (Å²) in [4.78, 5) is 10.1. The van der Waals surface area contributed by atoms with Crippen LogP contribution in [0.2, 0.25) is 0 Å². The number of carbonyl (C=O) groups is 1. The maximum Gasteiger partial charge on any atom is 0.120 e. The Morgan fingerprint density at radius 3 is 2.45 bits per heavy atom. The Morgan fingerprint density at radius 2 is 2.00 bits per heavy atom. The van der Waals surface area contributed by atoms with Crippen molar-refractivity contribution >= 4 is 6.29 Å². The van der Waals surface area contributed by atoms with Gasteiger partial charge in [0, 0.05) is 6.42 Å². The predicted molar refractivity (Wildman–Crippen MR) is 48.5 cm³/mol. The average molecular weight is 154 g/mol. The van der Waals surface area contributed by atoms with Crippen molar-refractivity contribution in [2.75, 3.05) is 0 Å². The van der Waals surface area contributed by atoms with Gasteiger partial charge in [-0.05, 0) is 18.3 Å². The standard InChI is InChI=1S/C10H18O/c1-4-5-7-10(2,3)8-6-9-11/h5,7,9H,4,6,8H2,1-3H3/b7-5-. The van der Waals surface area contributed by atoms with Crippen LogP contribution in [0.15, 0.2) is 12.2 Å². The molecule has 1 nitrogen and oxygen atoms in total. The minimum Gasteiger partial charge on any atom is -0.303 e. The van der Waals surface area contributed by atoms with E-state index in [9.17, 15) is 4.79 Å². The lowest BCUT2D eigenvalue weighted by Gasteiger charge is -2.18. The number of carbonyl (C=O) groups excluding carboxylic acids is 1. The molecule has 0 aliphatic heterocycles. The zero-order valence-electron chi connectivity index (χ0n) is 7.76. The molecule has 0 aromatic carbocycles. The Morgan fingerprint density at radius 1 is 1.36 bits per heavy atom. The van der Waals surface area contributed by atoms with E-state index in [2.05, 4.69) is 32.9 Å². The first-order valence-electron chi connectivity index (χ1n) is 4.23. The highest BCUT2D eigenvalue weighted by molar-refractivity contribution is 5.49. The first-order chi connectivity index (χ1) is 5.12. The number of allylic oxidation sites excluding steroid dienone is 2. The SMILES string of the molecule is CC/C=C\C(C)(C)CCC=O. The molecular weight excluding hydrogens is 136 g/mol. The largest absolute Gasteiger partial charge is 0.303 e. The highest BCUT2D eigenvalue weighted by Crippen LogP contribution is 2.23. The van der Waals surface area contributed by atoms with E-state index >= 15 is 0 Å². The fourth-order valence-corrected chi connectivity index (χ4v) is 0.951. The Labute approximate surface area is 69.5 Å². The second kappa shape index (κ2) is 5.11. The molecule has 0 aromatic rings. The Hall–Kier alpha value is -0.590. The van der Waals surface area contributed by atoms with Crippen molar-refractivity contribution in [3.8, 4) is 0 Å². The monoisotopic (exact) mass is 154 g/mol. The summed E-state index contributed by atoms with van der Waals surface area (Å²) in [6.45, 7) is 6.43. The Kier molecular flexibility index (Phi) is 4.84. The average Bonchev–Trinajstić information content (AvgIpc) is 1.97. The van der Waals surface area contributed by atoms with Gasteiger partial charge in [0.2, 0.25) is 0 Å². The van der Waals surface area contributed by atoms with E-state index in [0.717, 1.165) is 19.1 Å². The van der Waals surface area contributed by atoms with Crippen LogP contribution >= 0.6 is 0 Å². The number of aldehydes is 1. The van der Waals surface area contributed by atoms with Gasteiger partial charge in [-0.2, -0.15) is 0 Å². The molecule has 0 N–H and O–H groups in total. The van der Waals surface area contributed by atoms with Crippen LogP contribution in [-0.4, -0.2) is 6.29 Å². The van der Waals surface area contributed by atoms with E-state index in [1.807, 2.05) is 0 Å². The van der Waals surface area contributed by atoms with Crippen molar-refractivity contribution in [1.82, 2.24) is 0 Å². The molecule has 11 heavy (non-hydrogen) atoms. The molecule has 0 aromatic heterocycles. The molecule has 0 bridgehead atoms. The number of rotatable bonds is 5. The van der Waals surface area contributed by atoms with E-state index in [4.69, 9.17) is 0 Å². The maximum absolute atomic E-state index is 10.1. The van der Waals surface area contributed by atoms with E-state index in [1.54, 1.807) is 0 Å². The molecule has 0 rings (SSSR count). The van der Waals surface area contributed by atoms with E-state index in [1.165, 1.54) is 0 Å². The normalized spacial score (nSPS) is 12.3. The molecule has 0 spiro atoms. The zero-order chi connectivity index (χ0) is 8.74. The second-order valence-electron chi connectivity index (χ2n) is 3.50. The second-order valence-corrected chi connectivity index (χ2v) is 3.50. The van der Waals surface area contributed by atoms with Gasteiger partial charge in [0.25, 0.3) is 0 Å². The lowest BCUT2D eigenvalue weighted by molar-refractivity contribution is -0.108. The molecular formula is C10H18O. The van der Waals surface area contributed by atoms with Crippen molar-refractivity contribution in [3.63, 3.8) is 0 Å². The van der Waals surface area contributed by atoms with Crippen LogP contribution in [0.5, 0.6) is 0 Å². The van der Waals surface area contributed by atoms with Crippen LogP contribution in [0.3, 0.4) is 0 Å². The van der Waals surface area contributed by atoms with Crippen LogP contribution in [0.1, 0.15) is 40.0 Å². The van der Waals surface area contributed by atoms with Crippen molar-refractivity contribution in [1.29, 1.82) is 0 Å². The third-order valence-electron chi connectivity index (χ3n) is 1.71. The van der Waals surface area contributed by atoms with Gasteiger partial charge in [-0.3, -0.25) is 0 Å². The van der Waals surface area contributed by atoms with Gasteiger partial charge in [0.1, 0.15) is 6.29 Å². The van der Waals surface area contributed by atoms with Crippen LogP contribution in [0.4, 0.5) is 0 Å². The summed E-state index contributed by atoms with van der Waals surface area (Å²) in [5, 5.41) is 0. The van der Waals surface area contributed by atoms with Crippen molar-refractivity contribution in [3.05, 3.63) is 12.2 Å². The molecule has 0 saturated carbocycles. The van der Waals surface area contributed by atoms with Gasteiger partial charge in [-0.15, -0.1) is 0 Å². The molecule has 0 unspecified atom stereocenters. The molecule has 0 radical (unpaired) electrons. The molecule has 1 heteroatoms. The van der Waals surface area contributed by atoms with Crippen molar-refractivity contribution in [2.45, 2.75) is 40.0 Å². The van der Waals surface area contributed by atoms with Crippen LogP contribution < -0.4 is 0 Å². The fourth-order valence-electron chi connectivity index (χ4n) is 0.951. The minimum absolute atomic E-state index is 0.191. The van der Waals surface area contributed by atoms with Crippen molar-refractivity contribution in [2.24, 2.45) is 5.41 Å². The third kappa shape index (κ3) is 5.84. The fraction of sp³-hybridized carbons (Fsp3) is 0.700. The zero-order valence-corrected chi connectivity index (χ0v) is 7.76. The van der Waals surface area contributed by atoms with Gasteiger partial charge in [0.15, 0.2) is 0 Å². The van der Waals surface area contributed by atoms with Gasteiger partial charge in [-0.1, -0.05) is 32.9 Å². The van der Waals surface area contributed by atoms with Gasteiger partial charge in [0.05, 0.1) is 0 Å². The van der Waals surface area contributed by atoms with Crippen LogP contribution in [-0.2, 0) is 4.79 Å². The quantitative estimate of drug-likeness (QED) is 0.439. The molecule has 64 valence electrons. The summed E-state index contributed by atoms with van der Waals surface area (Å²) >= 11 is 0. The van der Waals surface area contributed by atoms with Gasteiger partial charge in [-0.25, -0.2) is 0 Å².